The second kappa shape index (κ2) is 9.70. The predicted molar refractivity (Wildman–Crippen MR) is 106 cm³/mol. The van der Waals surface area contributed by atoms with Gasteiger partial charge in [-0.3, -0.25) is 25.2 Å². The maximum atomic E-state index is 11.9. The Hall–Kier alpha value is -1.90. The fourth-order valence-corrected chi connectivity index (χ4v) is 2.14. The van der Waals surface area contributed by atoms with E-state index >= 15 is 0 Å². The van der Waals surface area contributed by atoms with E-state index in [4.69, 9.17) is 35.4 Å². The lowest BCUT2D eigenvalue weighted by molar-refractivity contribution is -0.127. The van der Waals surface area contributed by atoms with Crippen LogP contribution in [-0.4, -0.2) is 22.8 Å². The number of anilines is 1. The largest absolute Gasteiger partial charge is 0.325 e. The molecule has 1 rings (SSSR count). The molecule has 3 amide bonds. The number of hydrogen-bond acceptors (Lipinski definition) is 4. The van der Waals surface area contributed by atoms with Gasteiger partial charge in [-0.15, -0.1) is 0 Å². The number of carbonyl (C=O) groups is 3. The molecule has 4 N–H and O–H groups in total. The topological polar surface area (TPSA) is 99.3 Å². The summed E-state index contributed by atoms with van der Waals surface area (Å²) in [6.07, 6.45) is -0.145. The van der Waals surface area contributed by atoms with Crippen molar-refractivity contribution >= 4 is 63.9 Å². The molecule has 0 fully saturated rings. The highest BCUT2D eigenvalue weighted by Crippen LogP contribution is 2.25. The molecule has 0 saturated carbocycles. The molecule has 0 aliphatic carbocycles. The van der Waals surface area contributed by atoms with Crippen LogP contribution in [0.1, 0.15) is 33.6 Å². The van der Waals surface area contributed by atoms with Crippen LogP contribution < -0.4 is 21.5 Å². The molecular weight excluding hydrogens is 399 g/mol. The van der Waals surface area contributed by atoms with Crippen LogP contribution in [0.15, 0.2) is 18.2 Å². The third-order valence-corrected chi connectivity index (χ3v) is 3.76. The lowest BCUT2D eigenvalue weighted by Gasteiger charge is -2.18. The molecule has 142 valence electrons. The zero-order valence-corrected chi connectivity index (χ0v) is 16.9. The van der Waals surface area contributed by atoms with E-state index in [1.165, 1.54) is 6.07 Å². The number of thiocarbonyl (C=S) groups is 1. The first-order chi connectivity index (χ1) is 12.0. The molecule has 26 heavy (non-hydrogen) atoms. The average molecular weight is 419 g/mol. The van der Waals surface area contributed by atoms with Crippen molar-refractivity contribution in [1.82, 2.24) is 16.2 Å². The van der Waals surface area contributed by atoms with Crippen molar-refractivity contribution in [3.63, 3.8) is 0 Å². The van der Waals surface area contributed by atoms with Gasteiger partial charge in [-0.05, 0) is 30.4 Å². The van der Waals surface area contributed by atoms with Crippen LogP contribution in [0.25, 0.3) is 0 Å². The van der Waals surface area contributed by atoms with E-state index in [0.29, 0.717) is 15.7 Å². The van der Waals surface area contributed by atoms with Crippen molar-refractivity contribution < 1.29 is 14.4 Å². The number of benzene rings is 1. The van der Waals surface area contributed by atoms with E-state index in [1.807, 2.05) is 0 Å². The Morgan fingerprint density at radius 2 is 1.65 bits per heavy atom. The summed E-state index contributed by atoms with van der Waals surface area (Å²) in [4.78, 5) is 35.3. The van der Waals surface area contributed by atoms with Gasteiger partial charge < -0.3 is 10.6 Å². The average Bonchev–Trinajstić information content (AvgIpc) is 2.52. The SMILES string of the molecule is CC(C)(C)C(=O)NC(=S)NNC(=O)CCC(=O)Nc1ccc(Cl)cc1Cl. The van der Waals surface area contributed by atoms with Crippen LogP contribution in [-0.2, 0) is 14.4 Å². The van der Waals surface area contributed by atoms with Crippen molar-refractivity contribution in [2.24, 2.45) is 5.41 Å². The first kappa shape index (κ1) is 22.1. The highest BCUT2D eigenvalue weighted by Gasteiger charge is 2.22. The number of rotatable bonds is 4. The van der Waals surface area contributed by atoms with E-state index in [2.05, 4.69) is 21.5 Å². The van der Waals surface area contributed by atoms with Gasteiger partial charge in [0.15, 0.2) is 5.11 Å². The van der Waals surface area contributed by atoms with E-state index in [-0.39, 0.29) is 29.8 Å². The van der Waals surface area contributed by atoms with Gasteiger partial charge in [-0.25, -0.2) is 0 Å². The molecular formula is C16H20Cl2N4O3S. The number of amides is 3. The summed E-state index contributed by atoms with van der Waals surface area (Å²) in [6, 6.07) is 4.66. The normalized spacial score (nSPS) is 10.7. The highest BCUT2D eigenvalue weighted by atomic mass is 35.5. The Morgan fingerprint density at radius 1 is 1.04 bits per heavy atom. The van der Waals surface area contributed by atoms with Crippen LogP contribution in [0.4, 0.5) is 5.69 Å². The minimum Gasteiger partial charge on any atom is -0.325 e. The molecule has 0 heterocycles. The fraction of sp³-hybridized carbons (Fsp3) is 0.375. The van der Waals surface area contributed by atoms with Gasteiger partial charge in [0.1, 0.15) is 0 Å². The lowest BCUT2D eigenvalue weighted by atomic mass is 9.96. The van der Waals surface area contributed by atoms with Gasteiger partial charge in [0, 0.05) is 23.3 Å². The van der Waals surface area contributed by atoms with E-state index < -0.39 is 11.3 Å². The van der Waals surface area contributed by atoms with Gasteiger partial charge in [-0.1, -0.05) is 44.0 Å². The lowest BCUT2D eigenvalue weighted by Crippen LogP contribution is -2.50. The molecule has 0 saturated heterocycles. The Morgan fingerprint density at radius 3 is 2.23 bits per heavy atom. The number of hydrazine groups is 1. The number of halogens is 2. The summed E-state index contributed by atoms with van der Waals surface area (Å²) < 4.78 is 0. The molecule has 0 aromatic heterocycles. The zero-order chi connectivity index (χ0) is 19.9. The molecule has 0 aliphatic heterocycles. The number of hydrogen-bond donors (Lipinski definition) is 4. The maximum absolute atomic E-state index is 11.9. The molecule has 0 aliphatic rings. The molecule has 0 radical (unpaired) electrons. The van der Waals surface area contributed by atoms with Crippen molar-refractivity contribution in [2.45, 2.75) is 33.6 Å². The summed E-state index contributed by atoms with van der Waals surface area (Å²) in [6.45, 7) is 5.19. The summed E-state index contributed by atoms with van der Waals surface area (Å²) in [5.74, 6) is -1.13. The smallest absolute Gasteiger partial charge is 0.238 e. The van der Waals surface area contributed by atoms with Gasteiger partial charge in [-0.2, -0.15) is 0 Å². The van der Waals surface area contributed by atoms with Gasteiger partial charge in [0.05, 0.1) is 10.7 Å². The van der Waals surface area contributed by atoms with Gasteiger partial charge >= 0.3 is 0 Å². The molecule has 0 spiro atoms. The van der Waals surface area contributed by atoms with E-state index in [0.717, 1.165) is 0 Å². The zero-order valence-electron chi connectivity index (χ0n) is 14.5. The summed E-state index contributed by atoms with van der Waals surface area (Å²) >= 11 is 16.6. The molecule has 0 unspecified atom stereocenters. The Bertz CT molecular complexity index is 720. The third kappa shape index (κ3) is 7.99. The van der Waals surface area contributed by atoms with E-state index in [9.17, 15) is 14.4 Å². The van der Waals surface area contributed by atoms with Crippen molar-refractivity contribution in [3.05, 3.63) is 28.2 Å². The number of nitrogens with one attached hydrogen (secondary N) is 4. The highest BCUT2D eigenvalue weighted by molar-refractivity contribution is 7.80. The molecule has 0 bridgehead atoms. The van der Waals surface area contributed by atoms with Crippen LogP contribution in [0.5, 0.6) is 0 Å². The van der Waals surface area contributed by atoms with Crippen LogP contribution in [0.3, 0.4) is 0 Å². The van der Waals surface area contributed by atoms with Crippen molar-refractivity contribution in [2.75, 3.05) is 5.32 Å². The van der Waals surface area contributed by atoms with Crippen LogP contribution in [0, 0.1) is 5.41 Å². The monoisotopic (exact) mass is 418 g/mol. The summed E-state index contributed by atoms with van der Waals surface area (Å²) in [5, 5.41) is 5.76. The summed E-state index contributed by atoms with van der Waals surface area (Å²) in [5.41, 5.74) is 4.51. The summed E-state index contributed by atoms with van der Waals surface area (Å²) in [7, 11) is 0. The molecule has 1 aromatic carbocycles. The predicted octanol–water partition coefficient (Wildman–Crippen LogP) is 2.78. The second-order valence-corrected chi connectivity index (χ2v) is 7.63. The molecule has 1 aromatic rings. The maximum Gasteiger partial charge on any atom is 0.238 e. The quantitative estimate of drug-likeness (QED) is 0.444. The number of carbonyl (C=O) groups excluding carboxylic acids is 3. The van der Waals surface area contributed by atoms with Crippen LogP contribution >= 0.6 is 35.4 Å². The van der Waals surface area contributed by atoms with Crippen LogP contribution in [0.2, 0.25) is 10.0 Å². The van der Waals surface area contributed by atoms with Crippen molar-refractivity contribution in [3.8, 4) is 0 Å². The Labute approximate surface area is 167 Å². The Balaban J connectivity index is 2.34. The minimum absolute atomic E-state index is 0.0318. The first-order valence-corrected chi connectivity index (χ1v) is 8.80. The first-order valence-electron chi connectivity index (χ1n) is 7.64. The fourth-order valence-electron chi connectivity index (χ4n) is 1.54. The Kier molecular flexibility index (Phi) is 8.26. The van der Waals surface area contributed by atoms with Gasteiger partial charge in [0.25, 0.3) is 0 Å². The second-order valence-electron chi connectivity index (χ2n) is 6.38. The minimum atomic E-state index is -0.614. The van der Waals surface area contributed by atoms with E-state index in [1.54, 1.807) is 32.9 Å². The van der Waals surface area contributed by atoms with Gasteiger partial charge in [0.2, 0.25) is 17.7 Å². The molecule has 7 nitrogen and oxygen atoms in total. The standard InChI is InChI=1S/C16H20Cl2N4O3S/c1-16(2,3)14(25)20-15(26)22-21-13(24)7-6-12(23)19-11-5-4-9(17)8-10(11)18/h4-5,8H,6-7H2,1-3H3,(H,19,23)(H,21,24)(H2,20,22,25,26). The molecule has 0 atom stereocenters. The third-order valence-electron chi connectivity index (χ3n) is 3.01. The van der Waals surface area contributed by atoms with Crippen molar-refractivity contribution in [1.29, 1.82) is 0 Å². The molecule has 10 heteroatoms.